The van der Waals surface area contributed by atoms with E-state index in [1.165, 1.54) is 11.3 Å². The summed E-state index contributed by atoms with van der Waals surface area (Å²) in [5.41, 5.74) is 5.88. The first-order chi connectivity index (χ1) is 8.16. The highest BCUT2D eigenvalue weighted by molar-refractivity contribution is 7.10. The average molecular weight is 253 g/mol. The maximum Gasteiger partial charge on any atom is 0.242 e. The summed E-state index contributed by atoms with van der Waals surface area (Å²) in [6.45, 7) is 2.92. The minimum atomic E-state index is -0.519. The molecule has 94 valence electrons. The third-order valence-corrected chi connectivity index (χ3v) is 4.14. The molecule has 0 aliphatic carbocycles. The number of carbonyl (C=O) groups excluding carboxylic acids is 1. The fourth-order valence-electron chi connectivity index (χ4n) is 2.15. The van der Waals surface area contributed by atoms with Crippen LogP contribution < -0.4 is 11.1 Å². The number of nitrogens with two attached hydrogens (primary N) is 1. The van der Waals surface area contributed by atoms with Crippen molar-refractivity contribution in [1.29, 1.82) is 0 Å². The number of likely N-dealkylation sites (tertiary alicyclic amines) is 1. The second-order valence-corrected chi connectivity index (χ2v) is 5.63. The van der Waals surface area contributed by atoms with Gasteiger partial charge in [0.05, 0.1) is 0 Å². The van der Waals surface area contributed by atoms with E-state index in [2.05, 4.69) is 17.3 Å². The molecule has 1 saturated heterocycles. The van der Waals surface area contributed by atoms with Crippen LogP contribution in [0.1, 0.15) is 17.3 Å². The van der Waals surface area contributed by atoms with Gasteiger partial charge < -0.3 is 16.0 Å². The SMILES string of the molecule is CN1CCC(CNC(=O)C(N)c2cccs2)C1. The zero-order valence-electron chi connectivity index (χ0n) is 10.1. The molecular weight excluding hydrogens is 234 g/mol. The van der Waals surface area contributed by atoms with Crippen molar-refractivity contribution in [1.82, 2.24) is 10.2 Å². The number of amides is 1. The Labute approximate surface area is 106 Å². The lowest BCUT2D eigenvalue weighted by Crippen LogP contribution is -2.37. The fraction of sp³-hybridized carbons (Fsp3) is 0.583. The van der Waals surface area contributed by atoms with Gasteiger partial charge in [-0.2, -0.15) is 0 Å². The highest BCUT2D eigenvalue weighted by atomic mass is 32.1. The number of nitrogens with zero attached hydrogens (tertiary/aromatic N) is 1. The van der Waals surface area contributed by atoms with Crippen LogP contribution >= 0.6 is 11.3 Å². The standard InChI is InChI=1S/C12H19N3OS/c1-15-5-4-9(8-15)7-14-12(16)11(13)10-3-2-6-17-10/h2-3,6,9,11H,4-5,7-8,13H2,1H3,(H,14,16). The maximum atomic E-state index is 11.8. The summed E-state index contributed by atoms with van der Waals surface area (Å²) in [5.74, 6) is 0.501. The molecular formula is C12H19N3OS. The number of nitrogens with one attached hydrogen (secondary N) is 1. The van der Waals surface area contributed by atoms with E-state index in [-0.39, 0.29) is 5.91 Å². The van der Waals surface area contributed by atoms with E-state index in [0.717, 1.165) is 30.9 Å². The quantitative estimate of drug-likeness (QED) is 0.835. The van der Waals surface area contributed by atoms with Crippen molar-refractivity contribution in [2.24, 2.45) is 11.7 Å². The highest BCUT2D eigenvalue weighted by Crippen LogP contribution is 2.17. The second kappa shape index (κ2) is 5.62. The Balaban J connectivity index is 1.77. The van der Waals surface area contributed by atoms with E-state index in [9.17, 15) is 4.79 Å². The summed E-state index contributed by atoms with van der Waals surface area (Å²) in [6.07, 6.45) is 1.16. The first kappa shape index (κ1) is 12.5. The predicted molar refractivity (Wildman–Crippen MR) is 69.9 cm³/mol. The van der Waals surface area contributed by atoms with E-state index in [1.807, 2.05) is 17.5 Å². The summed E-state index contributed by atoms with van der Waals surface area (Å²) in [5, 5.41) is 4.89. The Morgan fingerprint density at radius 2 is 2.59 bits per heavy atom. The Morgan fingerprint density at radius 3 is 3.18 bits per heavy atom. The molecule has 2 atom stereocenters. The minimum Gasteiger partial charge on any atom is -0.354 e. The largest absolute Gasteiger partial charge is 0.354 e. The van der Waals surface area contributed by atoms with Crippen LogP contribution in [0.5, 0.6) is 0 Å². The molecule has 1 aliphatic heterocycles. The van der Waals surface area contributed by atoms with Gasteiger partial charge in [-0.25, -0.2) is 0 Å². The molecule has 1 amide bonds. The third-order valence-electron chi connectivity index (χ3n) is 3.19. The monoisotopic (exact) mass is 253 g/mol. The van der Waals surface area contributed by atoms with E-state index < -0.39 is 6.04 Å². The normalized spacial score (nSPS) is 22.6. The van der Waals surface area contributed by atoms with Crippen LogP contribution in [0.25, 0.3) is 0 Å². The molecule has 0 spiro atoms. The number of thiophene rings is 1. The van der Waals surface area contributed by atoms with Crippen LogP contribution in [0.15, 0.2) is 17.5 Å². The predicted octanol–water partition coefficient (Wildman–Crippen LogP) is 0.816. The van der Waals surface area contributed by atoms with Gasteiger partial charge in [-0.05, 0) is 37.4 Å². The summed E-state index contributed by atoms with van der Waals surface area (Å²) in [4.78, 5) is 15.0. The summed E-state index contributed by atoms with van der Waals surface area (Å²) < 4.78 is 0. The molecule has 1 aromatic heterocycles. The van der Waals surface area contributed by atoms with Crippen molar-refractivity contribution in [2.45, 2.75) is 12.5 Å². The van der Waals surface area contributed by atoms with E-state index in [4.69, 9.17) is 5.73 Å². The molecule has 4 nitrogen and oxygen atoms in total. The van der Waals surface area contributed by atoms with Crippen molar-refractivity contribution < 1.29 is 4.79 Å². The lowest BCUT2D eigenvalue weighted by Gasteiger charge is -2.14. The molecule has 0 aromatic carbocycles. The first-order valence-electron chi connectivity index (χ1n) is 5.92. The van der Waals surface area contributed by atoms with Gasteiger partial charge in [0, 0.05) is 18.0 Å². The minimum absolute atomic E-state index is 0.0676. The van der Waals surface area contributed by atoms with Gasteiger partial charge in [-0.3, -0.25) is 4.79 Å². The molecule has 1 aromatic rings. The topological polar surface area (TPSA) is 58.4 Å². The highest BCUT2D eigenvalue weighted by Gasteiger charge is 2.22. The molecule has 2 rings (SSSR count). The molecule has 2 heterocycles. The summed E-state index contributed by atoms with van der Waals surface area (Å²) >= 11 is 1.52. The average Bonchev–Trinajstić information content (AvgIpc) is 2.95. The lowest BCUT2D eigenvalue weighted by molar-refractivity contribution is -0.122. The van der Waals surface area contributed by atoms with Gasteiger partial charge in [-0.15, -0.1) is 11.3 Å². The van der Waals surface area contributed by atoms with Crippen LogP contribution in [0.3, 0.4) is 0 Å². The van der Waals surface area contributed by atoms with Crippen molar-refractivity contribution in [2.75, 3.05) is 26.7 Å². The Hall–Kier alpha value is -0.910. The maximum absolute atomic E-state index is 11.8. The van der Waals surface area contributed by atoms with Crippen molar-refractivity contribution in [3.63, 3.8) is 0 Å². The van der Waals surface area contributed by atoms with Gasteiger partial charge in [0.25, 0.3) is 0 Å². The molecule has 0 radical (unpaired) electrons. The van der Waals surface area contributed by atoms with Gasteiger partial charge >= 0.3 is 0 Å². The third kappa shape index (κ3) is 3.28. The van der Waals surface area contributed by atoms with Crippen LogP contribution in [-0.4, -0.2) is 37.5 Å². The molecule has 0 bridgehead atoms. The first-order valence-corrected chi connectivity index (χ1v) is 6.80. The van der Waals surface area contributed by atoms with Gasteiger partial charge in [0.15, 0.2) is 0 Å². The number of carbonyl (C=O) groups is 1. The van der Waals surface area contributed by atoms with Crippen LogP contribution in [0.4, 0.5) is 0 Å². The Morgan fingerprint density at radius 1 is 1.76 bits per heavy atom. The molecule has 2 unspecified atom stereocenters. The van der Waals surface area contributed by atoms with Crippen molar-refractivity contribution >= 4 is 17.2 Å². The van der Waals surface area contributed by atoms with Gasteiger partial charge in [-0.1, -0.05) is 6.07 Å². The van der Waals surface area contributed by atoms with E-state index in [0.29, 0.717) is 5.92 Å². The number of hydrogen-bond donors (Lipinski definition) is 2. The zero-order chi connectivity index (χ0) is 12.3. The van der Waals surface area contributed by atoms with Gasteiger partial charge in [0.2, 0.25) is 5.91 Å². The van der Waals surface area contributed by atoms with Crippen LogP contribution in [0.2, 0.25) is 0 Å². The van der Waals surface area contributed by atoms with E-state index in [1.54, 1.807) is 0 Å². The second-order valence-electron chi connectivity index (χ2n) is 4.66. The molecule has 3 N–H and O–H groups in total. The number of hydrogen-bond acceptors (Lipinski definition) is 4. The zero-order valence-corrected chi connectivity index (χ0v) is 10.9. The molecule has 0 saturated carbocycles. The molecule has 17 heavy (non-hydrogen) atoms. The van der Waals surface area contributed by atoms with Crippen molar-refractivity contribution in [3.05, 3.63) is 22.4 Å². The Bertz CT molecular complexity index is 366. The Kier molecular flexibility index (Phi) is 4.15. The van der Waals surface area contributed by atoms with Crippen LogP contribution in [0, 0.1) is 5.92 Å². The molecule has 1 aliphatic rings. The molecule has 1 fully saturated rings. The fourth-order valence-corrected chi connectivity index (χ4v) is 2.87. The summed E-state index contributed by atoms with van der Waals surface area (Å²) in [6, 6.07) is 3.30. The summed E-state index contributed by atoms with van der Waals surface area (Å²) in [7, 11) is 2.11. The number of rotatable bonds is 4. The molecule has 5 heteroatoms. The van der Waals surface area contributed by atoms with Gasteiger partial charge in [0.1, 0.15) is 6.04 Å². The van der Waals surface area contributed by atoms with E-state index >= 15 is 0 Å². The lowest BCUT2D eigenvalue weighted by atomic mass is 10.1. The van der Waals surface area contributed by atoms with Crippen LogP contribution in [-0.2, 0) is 4.79 Å². The van der Waals surface area contributed by atoms with Crippen molar-refractivity contribution in [3.8, 4) is 0 Å². The smallest absolute Gasteiger partial charge is 0.242 e.